The van der Waals surface area contributed by atoms with Crippen LogP contribution in [0, 0.1) is 0 Å². The molecule has 0 aromatic rings. The molecule has 4 heteroatoms. The van der Waals surface area contributed by atoms with E-state index in [1.165, 1.54) is 11.8 Å². The molecule has 0 amide bonds. The minimum Gasteiger partial charge on any atom is -0.290 e. The van der Waals surface area contributed by atoms with E-state index in [4.69, 9.17) is 0 Å². The van der Waals surface area contributed by atoms with Gasteiger partial charge in [0.05, 0.1) is 0 Å². The Morgan fingerprint density at radius 2 is 2.00 bits per heavy atom. The number of hydrogen-bond acceptors (Lipinski definition) is 1. The highest BCUT2D eigenvalue weighted by Gasteiger charge is 2.44. The molecule has 0 aromatic carbocycles. The first-order valence-corrected chi connectivity index (χ1v) is 3.75. The standard InChI is InChI=1S/C7H12F3N/c1-5-3-4-11(5)6(2)7(8,9)10/h5-6H,3-4H2,1-2H3/t5?,6-/m1/s1. The first kappa shape index (κ1) is 8.84. The molecule has 1 nitrogen and oxygen atoms in total. The van der Waals surface area contributed by atoms with Gasteiger partial charge in [-0.25, -0.2) is 0 Å². The van der Waals surface area contributed by atoms with Gasteiger partial charge in [0.25, 0.3) is 0 Å². The average Bonchev–Trinajstić information content (AvgIpc) is 1.83. The normalized spacial score (nSPS) is 29.7. The van der Waals surface area contributed by atoms with Gasteiger partial charge in [0, 0.05) is 12.6 Å². The monoisotopic (exact) mass is 167 g/mol. The van der Waals surface area contributed by atoms with Crippen molar-refractivity contribution in [1.29, 1.82) is 0 Å². The zero-order valence-electron chi connectivity index (χ0n) is 6.65. The number of alkyl halides is 3. The highest BCUT2D eigenvalue weighted by molar-refractivity contribution is 4.86. The summed E-state index contributed by atoms with van der Waals surface area (Å²) in [4.78, 5) is 1.47. The molecular formula is C7H12F3N. The molecule has 0 spiro atoms. The maximum atomic E-state index is 12.1. The van der Waals surface area contributed by atoms with Crippen LogP contribution < -0.4 is 0 Å². The third kappa shape index (κ3) is 1.67. The van der Waals surface area contributed by atoms with E-state index in [-0.39, 0.29) is 6.04 Å². The molecule has 1 aliphatic heterocycles. The van der Waals surface area contributed by atoms with Crippen LogP contribution in [-0.2, 0) is 0 Å². The highest BCUT2D eigenvalue weighted by atomic mass is 19.4. The van der Waals surface area contributed by atoms with Crippen LogP contribution in [0.3, 0.4) is 0 Å². The van der Waals surface area contributed by atoms with Crippen LogP contribution in [0.4, 0.5) is 13.2 Å². The third-order valence-electron chi connectivity index (χ3n) is 2.34. The van der Waals surface area contributed by atoms with Crippen molar-refractivity contribution in [1.82, 2.24) is 4.90 Å². The minimum atomic E-state index is -4.06. The second-order valence-electron chi connectivity index (χ2n) is 3.09. The molecule has 1 aliphatic rings. The number of halogens is 3. The molecular weight excluding hydrogens is 155 g/mol. The molecule has 66 valence electrons. The van der Waals surface area contributed by atoms with E-state index in [1.54, 1.807) is 0 Å². The van der Waals surface area contributed by atoms with Crippen molar-refractivity contribution in [2.24, 2.45) is 0 Å². The third-order valence-corrected chi connectivity index (χ3v) is 2.34. The fraction of sp³-hybridized carbons (Fsp3) is 1.00. The summed E-state index contributed by atoms with van der Waals surface area (Å²) in [6.07, 6.45) is -3.17. The first-order valence-electron chi connectivity index (χ1n) is 3.75. The molecule has 1 rings (SSSR count). The van der Waals surface area contributed by atoms with Gasteiger partial charge in [-0.15, -0.1) is 0 Å². The zero-order valence-corrected chi connectivity index (χ0v) is 6.65. The Morgan fingerprint density at radius 1 is 1.45 bits per heavy atom. The van der Waals surface area contributed by atoms with E-state index >= 15 is 0 Å². The van der Waals surface area contributed by atoms with Gasteiger partial charge in [0.1, 0.15) is 6.04 Å². The van der Waals surface area contributed by atoms with Crippen LogP contribution in [0.5, 0.6) is 0 Å². The Morgan fingerprint density at radius 3 is 2.09 bits per heavy atom. The van der Waals surface area contributed by atoms with Crippen LogP contribution in [-0.4, -0.2) is 29.7 Å². The van der Waals surface area contributed by atoms with E-state index in [0.717, 1.165) is 6.42 Å². The van der Waals surface area contributed by atoms with Gasteiger partial charge in [-0.1, -0.05) is 0 Å². The summed E-state index contributed by atoms with van der Waals surface area (Å²) in [5, 5.41) is 0. The lowest BCUT2D eigenvalue weighted by molar-refractivity contribution is -0.195. The smallest absolute Gasteiger partial charge is 0.290 e. The van der Waals surface area contributed by atoms with Crippen molar-refractivity contribution >= 4 is 0 Å². The number of rotatable bonds is 1. The zero-order chi connectivity index (χ0) is 8.65. The molecule has 1 saturated heterocycles. The lowest BCUT2D eigenvalue weighted by Crippen LogP contribution is -2.55. The molecule has 0 bridgehead atoms. The number of hydrogen-bond donors (Lipinski definition) is 0. The second kappa shape index (κ2) is 2.66. The summed E-state index contributed by atoms with van der Waals surface area (Å²) in [6, 6.07) is -1.17. The van der Waals surface area contributed by atoms with Crippen molar-refractivity contribution < 1.29 is 13.2 Å². The molecule has 0 aliphatic carbocycles. The van der Waals surface area contributed by atoms with Gasteiger partial charge in [0.15, 0.2) is 0 Å². The molecule has 1 heterocycles. The Labute approximate surface area is 64.2 Å². The maximum absolute atomic E-state index is 12.1. The SMILES string of the molecule is CC1CCN1[C@H](C)C(F)(F)F. The van der Waals surface area contributed by atoms with Crippen LogP contribution in [0.15, 0.2) is 0 Å². The predicted octanol–water partition coefficient (Wildman–Crippen LogP) is 2.03. The fourth-order valence-electron chi connectivity index (χ4n) is 1.30. The van der Waals surface area contributed by atoms with Gasteiger partial charge >= 0.3 is 6.18 Å². The average molecular weight is 167 g/mol. The summed E-state index contributed by atoms with van der Waals surface area (Å²) in [5.74, 6) is 0. The summed E-state index contributed by atoms with van der Waals surface area (Å²) in [7, 11) is 0. The lowest BCUT2D eigenvalue weighted by Gasteiger charge is -2.43. The van der Waals surface area contributed by atoms with Gasteiger partial charge in [-0.3, -0.25) is 4.90 Å². The van der Waals surface area contributed by atoms with E-state index < -0.39 is 12.2 Å². The summed E-state index contributed by atoms with van der Waals surface area (Å²) in [6.45, 7) is 3.63. The number of nitrogens with zero attached hydrogens (tertiary/aromatic N) is 1. The summed E-state index contributed by atoms with van der Waals surface area (Å²) in [5.41, 5.74) is 0. The van der Waals surface area contributed by atoms with E-state index in [0.29, 0.717) is 6.54 Å². The largest absolute Gasteiger partial charge is 0.403 e. The topological polar surface area (TPSA) is 3.24 Å². The van der Waals surface area contributed by atoms with Crippen molar-refractivity contribution in [3.05, 3.63) is 0 Å². The van der Waals surface area contributed by atoms with Crippen molar-refractivity contribution in [2.75, 3.05) is 6.54 Å². The summed E-state index contributed by atoms with van der Waals surface area (Å²) >= 11 is 0. The molecule has 1 fully saturated rings. The highest BCUT2D eigenvalue weighted by Crippen LogP contribution is 2.30. The van der Waals surface area contributed by atoms with Gasteiger partial charge < -0.3 is 0 Å². The first-order chi connectivity index (χ1) is 4.93. The predicted molar refractivity (Wildman–Crippen MR) is 36.3 cm³/mol. The summed E-state index contributed by atoms with van der Waals surface area (Å²) < 4.78 is 36.2. The molecule has 0 aromatic heterocycles. The molecule has 11 heavy (non-hydrogen) atoms. The quantitative estimate of drug-likeness (QED) is 0.577. The minimum absolute atomic E-state index is 0.103. The van der Waals surface area contributed by atoms with Crippen LogP contribution in [0.2, 0.25) is 0 Å². The Bertz CT molecular complexity index is 143. The molecule has 0 N–H and O–H groups in total. The number of likely N-dealkylation sites (tertiary alicyclic amines) is 1. The Kier molecular flexibility index (Phi) is 2.14. The van der Waals surface area contributed by atoms with Crippen molar-refractivity contribution in [3.8, 4) is 0 Å². The van der Waals surface area contributed by atoms with Crippen LogP contribution in [0.1, 0.15) is 20.3 Å². The molecule has 0 radical (unpaired) electrons. The second-order valence-corrected chi connectivity index (χ2v) is 3.09. The maximum Gasteiger partial charge on any atom is 0.403 e. The lowest BCUT2D eigenvalue weighted by atomic mass is 10.0. The van der Waals surface area contributed by atoms with E-state index in [2.05, 4.69) is 0 Å². The molecule has 1 unspecified atom stereocenters. The van der Waals surface area contributed by atoms with Crippen LogP contribution >= 0.6 is 0 Å². The fourth-order valence-corrected chi connectivity index (χ4v) is 1.30. The Hall–Kier alpha value is -0.250. The Balaban J connectivity index is 2.47. The molecule has 2 atom stereocenters. The van der Waals surface area contributed by atoms with Crippen molar-refractivity contribution in [3.63, 3.8) is 0 Å². The molecule has 0 saturated carbocycles. The van der Waals surface area contributed by atoms with Crippen LogP contribution in [0.25, 0.3) is 0 Å². The van der Waals surface area contributed by atoms with Gasteiger partial charge in [-0.2, -0.15) is 13.2 Å². The van der Waals surface area contributed by atoms with E-state index in [1.807, 2.05) is 6.92 Å². The van der Waals surface area contributed by atoms with Crippen molar-refractivity contribution in [2.45, 2.75) is 38.5 Å². The van der Waals surface area contributed by atoms with Gasteiger partial charge in [0.2, 0.25) is 0 Å². The van der Waals surface area contributed by atoms with E-state index in [9.17, 15) is 13.2 Å². The van der Waals surface area contributed by atoms with Gasteiger partial charge in [-0.05, 0) is 20.3 Å².